The summed E-state index contributed by atoms with van der Waals surface area (Å²) in [5.74, 6) is 1.20. The van der Waals surface area contributed by atoms with Crippen LogP contribution in [-0.2, 0) is 16.6 Å². The average Bonchev–Trinajstić information content (AvgIpc) is 2.82. The molecule has 0 bridgehead atoms. The van der Waals surface area contributed by atoms with Gasteiger partial charge in [-0.2, -0.15) is 11.8 Å². The van der Waals surface area contributed by atoms with Crippen LogP contribution < -0.4 is 4.72 Å². The maximum atomic E-state index is 12.2. The van der Waals surface area contributed by atoms with Gasteiger partial charge in [-0.1, -0.05) is 6.92 Å². The van der Waals surface area contributed by atoms with E-state index >= 15 is 0 Å². The van der Waals surface area contributed by atoms with E-state index in [1.54, 1.807) is 22.5 Å². The zero-order valence-corrected chi connectivity index (χ0v) is 14.1. The first-order valence-corrected chi connectivity index (χ1v) is 9.49. The molecule has 20 heavy (non-hydrogen) atoms. The van der Waals surface area contributed by atoms with E-state index in [1.165, 1.54) is 6.07 Å². The molecule has 0 saturated carbocycles. The summed E-state index contributed by atoms with van der Waals surface area (Å²) in [6, 6.07) is 1.64. The zero-order chi connectivity index (χ0) is 15.3. The van der Waals surface area contributed by atoms with Gasteiger partial charge in [0.15, 0.2) is 0 Å². The quantitative estimate of drug-likeness (QED) is 0.767. The molecule has 0 aliphatic rings. The molecule has 0 radical (unpaired) electrons. The third-order valence-electron chi connectivity index (χ3n) is 3.01. The molecule has 116 valence electrons. The summed E-state index contributed by atoms with van der Waals surface area (Å²) in [4.78, 5) is 0.214. The van der Waals surface area contributed by atoms with Crippen molar-refractivity contribution >= 4 is 21.8 Å². The van der Waals surface area contributed by atoms with Gasteiger partial charge in [0.1, 0.15) is 0 Å². The monoisotopic (exact) mass is 320 g/mol. The highest BCUT2D eigenvalue weighted by atomic mass is 32.2. The van der Waals surface area contributed by atoms with Gasteiger partial charge in [-0.15, -0.1) is 0 Å². The van der Waals surface area contributed by atoms with Crippen molar-refractivity contribution in [1.29, 1.82) is 0 Å². The van der Waals surface area contributed by atoms with Crippen LogP contribution in [0.5, 0.6) is 0 Å². The summed E-state index contributed by atoms with van der Waals surface area (Å²) in [5.41, 5.74) is 0.609. The number of aromatic nitrogens is 1. The summed E-state index contributed by atoms with van der Waals surface area (Å²) in [6.45, 7) is 6.16. The fourth-order valence-electron chi connectivity index (χ4n) is 1.93. The van der Waals surface area contributed by atoms with Crippen LogP contribution in [0.3, 0.4) is 0 Å². The van der Waals surface area contributed by atoms with E-state index in [2.05, 4.69) is 4.72 Å². The number of aliphatic hydroxyl groups excluding tert-OH is 1. The number of hydrogen-bond donors (Lipinski definition) is 2. The molecule has 0 aliphatic heterocycles. The Morgan fingerprint density at radius 1 is 1.40 bits per heavy atom. The lowest BCUT2D eigenvalue weighted by molar-refractivity contribution is 0.268. The molecule has 2 N–H and O–H groups in total. The first kappa shape index (κ1) is 17.6. The molecular formula is C13H24N2O3S2. The summed E-state index contributed by atoms with van der Waals surface area (Å²) in [6.07, 6.45) is 3.58. The highest BCUT2D eigenvalue weighted by Gasteiger charge is 2.19. The first-order chi connectivity index (χ1) is 9.31. The van der Waals surface area contributed by atoms with Gasteiger partial charge in [0.25, 0.3) is 0 Å². The van der Waals surface area contributed by atoms with E-state index in [0.29, 0.717) is 12.2 Å². The molecular weight excluding hydrogens is 296 g/mol. The molecule has 5 nitrogen and oxygen atoms in total. The van der Waals surface area contributed by atoms with Crippen molar-refractivity contribution in [2.24, 2.45) is 5.92 Å². The Labute approximate surface area is 125 Å². The van der Waals surface area contributed by atoms with Crippen molar-refractivity contribution in [2.75, 3.05) is 18.6 Å². The standard InChI is InChI=1S/C13H24N2O3S2/c1-10(2)15-7-13(5-12(15)8-16)20(17,18)14-6-11(3)9-19-4/h5,7,10-11,14,16H,6,8-9H2,1-4H3. The fraction of sp³-hybridized carbons (Fsp3) is 0.692. The Bertz CT molecular complexity index is 524. The van der Waals surface area contributed by atoms with Crippen LogP contribution in [0.15, 0.2) is 17.2 Å². The highest BCUT2D eigenvalue weighted by Crippen LogP contribution is 2.19. The second-order valence-corrected chi connectivity index (χ2v) is 7.92. The third kappa shape index (κ3) is 4.51. The Hall–Kier alpha value is -0.500. The van der Waals surface area contributed by atoms with Crippen LogP contribution in [0.2, 0.25) is 0 Å². The van der Waals surface area contributed by atoms with Crippen molar-refractivity contribution < 1.29 is 13.5 Å². The Kier molecular flexibility index (Phi) is 6.57. The van der Waals surface area contributed by atoms with Gasteiger partial charge in [-0.25, -0.2) is 13.1 Å². The summed E-state index contributed by atoms with van der Waals surface area (Å²) >= 11 is 1.70. The molecule has 0 amide bonds. The SMILES string of the molecule is CSCC(C)CNS(=O)(=O)c1cc(CO)n(C(C)C)c1. The minimum atomic E-state index is -3.51. The molecule has 0 spiro atoms. The van der Waals surface area contributed by atoms with Gasteiger partial charge in [0, 0.05) is 24.5 Å². The summed E-state index contributed by atoms with van der Waals surface area (Å²) in [7, 11) is -3.51. The molecule has 0 aliphatic carbocycles. The van der Waals surface area contributed by atoms with E-state index in [4.69, 9.17) is 0 Å². The normalized spacial score (nSPS) is 13.9. The topological polar surface area (TPSA) is 71.3 Å². The largest absolute Gasteiger partial charge is 0.390 e. The number of hydrogen-bond acceptors (Lipinski definition) is 4. The van der Waals surface area contributed by atoms with Crippen LogP contribution >= 0.6 is 11.8 Å². The van der Waals surface area contributed by atoms with Gasteiger partial charge in [0.05, 0.1) is 11.5 Å². The average molecular weight is 320 g/mol. The van der Waals surface area contributed by atoms with Crippen molar-refractivity contribution in [2.45, 2.75) is 38.3 Å². The van der Waals surface area contributed by atoms with Crippen molar-refractivity contribution in [3.8, 4) is 0 Å². The number of nitrogens with zero attached hydrogens (tertiary/aromatic N) is 1. The number of nitrogens with one attached hydrogen (secondary N) is 1. The smallest absolute Gasteiger partial charge is 0.242 e. The number of sulfonamides is 1. The third-order valence-corrected chi connectivity index (χ3v) is 5.30. The Balaban J connectivity index is 2.87. The van der Waals surface area contributed by atoms with Crippen LogP contribution in [-0.4, -0.2) is 36.6 Å². The van der Waals surface area contributed by atoms with Gasteiger partial charge in [-0.05, 0) is 37.8 Å². The van der Waals surface area contributed by atoms with E-state index in [0.717, 1.165) is 5.75 Å². The van der Waals surface area contributed by atoms with Gasteiger partial charge in [-0.3, -0.25) is 0 Å². The van der Waals surface area contributed by atoms with E-state index < -0.39 is 10.0 Å². The van der Waals surface area contributed by atoms with Crippen LogP contribution in [0.4, 0.5) is 0 Å². The minimum Gasteiger partial charge on any atom is -0.390 e. The molecule has 7 heteroatoms. The zero-order valence-electron chi connectivity index (χ0n) is 12.5. The Morgan fingerprint density at radius 2 is 2.05 bits per heavy atom. The van der Waals surface area contributed by atoms with Crippen LogP contribution in [0, 0.1) is 5.92 Å². The molecule has 1 rings (SSSR count). The summed E-state index contributed by atoms with van der Waals surface area (Å²) < 4.78 is 28.9. The predicted molar refractivity (Wildman–Crippen MR) is 83.5 cm³/mol. The minimum absolute atomic E-state index is 0.108. The number of aliphatic hydroxyl groups is 1. The lowest BCUT2D eigenvalue weighted by Gasteiger charge is -2.11. The molecule has 1 aromatic rings. The first-order valence-electron chi connectivity index (χ1n) is 6.62. The van der Waals surface area contributed by atoms with E-state index in [1.807, 2.05) is 27.0 Å². The maximum absolute atomic E-state index is 12.2. The molecule has 0 fully saturated rings. The lowest BCUT2D eigenvalue weighted by atomic mass is 10.2. The highest BCUT2D eigenvalue weighted by molar-refractivity contribution is 7.98. The molecule has 1 atom stereocenters. The van der Waals surface area contributed by atoms with Crippen molar-refractivity contribution in [3.05, 3.63) is 18.0 Å². The molecule has 1 unspecified atom stereocenters. The Morgan fingerprint density at radius 3 is 2.50 bits per heavy atom. The fourth-order valence-corrected chi connectivity index (χ4v) is 3.83. The van der Waals surface area contributed by atoms with Crippen LogP contribution in [0.25, 0.3) is 0 Å². The van der Waals surface area contributed by atoms with Gasteiger partial charge in [0.2, 0.25) is 10.0 Å². The van der Waals surface area contributed by atoms with E-state index in [-0.39, 0.29) is 23.5 Å². The van der Waals surface area contributed by atoms with Crippen molar-refractivity contribution in [1.82, 2.24) is 9.29 Å². The number of rotatable bonds is 8. The van der Waals surface area contributed by atoms with Gasteiger partial charge >= 0.3 is 0 Å². The lowest BCUT2D eigenvalue weighted by Crippen LogP contribution is -2.29. The second kappa shape index (κ2) is 7.49. The maximum Gasteiger partial charge on any atom is 0.242 e. The van der Waals surface area contributed by atoms with Gasteiger partial charge < -0.3 is 9.67 Å². The summed E-state index contributed by atoms with van der Waals surface area (Å²) in [5, 5.41) is 9.30. The molecule has 1 heterocycles. The van der Waals surface area contributed by atoms with Crippen molar-refractivity contribution in [3.63, 3.8) is 0 Å². The van der Waals surface area contributed by atoms with Crippen LogP contribution in [0.1, 0.15) is 32.5 Å². The second-order valence-electron chi connectivity index (χ2n) is 5.24. The molecule has 0 aromatic carbocycles. The molecule has 0 saturated heterocycles. The molecule has 1 aromatic heterocycles. The predicted octanol–water partition coefficient (Wildman–Crippen LogP) is 1.84. The van der Waals surface area contributed by atoms with E-state index in [9.17, 15) is 13.5 Å². The number of thioether (sulfide) groups is 1.